The van der Waals surface area contributed by atoms with Gasteiger partial charge in [-0.1, -0.05) is 20.3 Å². The molecule has 0 bridgehead atoms. The molecule has 0 radical (unpaired) electrons. The third-order valence-corrected chi connectivity index (χ3v) is 3.20. The number of sulfonamides is 1. The van der Waals surface area contributed by atoms with Crippen LogP contribution in [0.3, 0.4) is 0 Å². The van der Waals surface area contributed by atoms with Gasteiger partial charge in [-0.3, -0.25) is 4.79 Å². The molecule has 0 atom stereocenters. The molecule has 6 heteroatoms. The van der Waals surface area contributed by atoms with Crippen LogP contribution in [-0.2, 0) is 14.8 Å². The van der Waals surface area contributed by atoms with Gasteiger partial charge >= 0.3 is 0 Å². The Hall–Kier alpha value is -0.620. The fraction of sp³-hybridized carbons (Fsp3) is 0.889. The van der Waals surface area contributed by atoms with Gasteiger partial charge in [-0.25, -0.2) is 13.1 Å². The van der Waals surface area contributed by atoms with E-state index in [9.17, 15) is 13.2 Å². The van der Waals surface area contributed by atoms with E-state index in [-0.39, 0.29) is 18.2 Å². The molecule has 0 spiro atoms. The molecule has 2 N–H and O–H groups in total. The van der Waals surface area contributed by atoms with Gasteiger partial charge in [-0.15, -0.1) is 0 Å². The average molecular weight is 236 g/mol. The molecule has 0 saturated heterocycles. The Morgan fingerprint density at radius 1 is 1.20 bits per heavy atom. The van der Waals surface area contributed by atoms with Crippen LogP contribution < -0.4 is 10.0 Å². The fourth-order valence-electron chi connectivity index (χ4n) is 0.909. The summed E-state index contributed by atoms with van der Waals surface area (Å²) < 4.78 is 24.8. The van der Waals surface area contributed by atoms with Crippen molar-refractivity contribution < 1.29 is 13.2 Å². The van der Waals surface area contributed by atoms with Gasteiger partial charge in [-0.2, -0.15) is 0 Å². The first kappa shape index (κ1) is 14.4. The highest BCUT2D eigenvalue weighted by Gasteiger charge is 2.10. The molecule has 5 nitrogen and oxygen atoms in total. The lowest BCUT2D eigenvalue weighted by molar-refractivity contribution is -0.119. The van der Waals surface area contributed by atoms with Gasteiger partial charge in [0.25, 0.3) is 0 Å². The summed E-state index contributed by atoms with van der Waals surface area (Å²) in [6.07, 6.45) is 2.28. The predicted molar refractivity (Wildman–Crippen MR) is 60.0 cm³/mol. The number of amides is 1. The third kappa shape index (κ3) is 8.38. The smallest absolute Gasteiger partial charge is 0.235 e. The number of unbranched alkanes of at least 4 members (excludes halogenated alkanes) is 1. The summed E-state index contributed by atoms with van der Waals surface area (Å²) >= 11 is 0. The van der Waals surface area contributed by atoms with E-state index in [2.05, 4.69) is 10.0 Å². The summed E-state index contributed by atoms with van der Waals surface area (Å²) in [4.78, 5) is 11.1. The van der Waals surface area contributed by atoms with Gasteiger partial charge in [0.05, 0.1) is 12.3 Å². The van der Waals surface area contributed by atoms with E-state index in [1.165, 1.54) is 0 Å². The van der Waals surface area contributed by atoms with E-state index < -0.39 is 10.0 Å². The van der Waals surface area contributed by atoms with Crippen molar-refractivity contribution in [2.75, 3.05) is 18.8 Å². The van der Waals surface area contributed by atoms with Crippen LogP contribution in [0.1, 0.15) is 33.1 Å². The topological polar surface area (TPSA) is 75.3 Å². The number of carbonyl (C=O) groups excluding carboxylic acids is 1. The Balaban J connectivity index is 3.78. The summed E-state index contributed by atoms with van der Waals surface area (Å²) in [7, 11) is -3.27. The molecular weight excluding hydrogens is 216 g/mol. The molecule has 0 fully saturated rings. The monoisotopic (exact) mass is 236 g/mol. The minimum absolute atomic E-state index is 0.0879. The van der Waals surface area contributed by atoms with E-state index in [4.69, 9.17) is 0 Å². The summed E-state index contributed by atoms with van der Waals surface area (Å²) in [6, 6.07) is 0. The zero-order chi connectivity index (χ0) is 11.7. The lowest BCUT2D eigenvalue weighted by Crippen LogP contribution is -2.38. The number of hydrogen-bond donors (Lipinski definition) is 2. The van der Waals surface area contributed by atoms with Gasteiger partial charge in [-0.05, 0) is 12.8 Å². The second-order valence-corrected chi connectivity index (χ2v) is 5.27. The Labute approximate surface area is 91.7 Å². The molecule has 0 heterocycles. The number of nitrogens with one attached hydrogen (secondary N) is 2. The van der Waals surface area contributed by atoms with Crippen molar-refractivity contribution in [2.24, 2.45) is 0 Å². The van der Waals surface area contributed by atoms with Crippen LogP contribution in [0.2, 0.25) is 0 Å². The first-order valence-corrected chi connectivity index (χ1v) is 6.91. The van der Waals surface area contributed by atoms with Crippen LogP contribution in [0.5, 0.6) is 0 Å². The van der Waals surface area contributed by atoms with E-state index >= 15 is 0 Å². The number of carbonyl (C=O) groups is 1. The molecule has 0 aliphatic heterocycles. The Bertz CT molecular complexity index is 275. The quantitative estimate of drug-likeness (QED) is 0.633. The summed E-state index contributed by atoms with van der Waals surface area (Å²) in [5, 5.41) is 2.60. The molecule has 90 valence electrons. The standard InChI is InChI=1S/C9H20N2O3S/c1-3-5-7-15(13,14)11-8-9(12)10-6-4-2/h11H,3-8H2,1-2H3,(H,10,12). The van der Waals surface area contributed by atoms with Gasteiger partial charge in [0.2, 0.25) is 15.9 Å². The summed E-state index contributed by atoms with van der Waals surface area (Å²) in [5.74, 6) is -0.193. The first-order chi connectivity index (χ1) is 7.02. The normalized spacial score (nSPS) is 11.3. The van der Waals surface area contributed by atoms with E-state index in [1.54, 1.807) is 0 Å². The van der Waals surface area contributed by atoms with Crippen LogP contribution in [0.15, 0.2) is 0 Å². The molecule has 0 aliphatic rings. The minimum atomic E-state index is -3.27. The van der Waals surface area contributed by atoms with Crippen molar-refractivity contribution >= 4 is 15.9 Å². The molecule has 0 unspecified atom stereocenters. The van der Waals surface area contributed by atoms with Crippen molar-refractivity contribution in [3.63, 3.8) is 0 Å². The van der Waals surface area contributed by atoms with Crippen molar-refractivity contribution in [1.82, 2.24) is 10.0 Å². The van der Waals surface area contributed by atoms with Crippen LogP contribution in [0.4, 0.5) is 0 Å². The second kappa shape index (κ2) is 7.64. The SMILES string of the molecule is CCCCS(=O)(=O)NCC(=O)NCCC. The van der Waals surface area contributed by atoms with E-state index in [0.29, 0.717) is 13.0 Å². The molecule has 0 aromatic carbocycles. The highest BCUT2D eigenvalue weighted by atomic mass is 32.2. The molecule has 15 heavy (non-hydrogen) atoms. The maximum absolute atomic E-state index is 11.3. The number of rotatable bonds is 8. The largest absolute Gasteiger partial charge is 0.355 e. The highest BCUT2D eigenvalue weighted by Crippen LogP contribution is 1.92. The molecule has 0 aromatic heterocycles. The van der Waals surface area contributed by atoms with Gasteiger partial charge in [0.15, 0.2) is 0 Å². The highest BCUT2D eigenvalue weighted by molar-refractivity contribution is 7.89. The lowest BCUT2D eigenvalue weighted by atomic mass is 10.4. The lowest BCUT2D eigenvalue weighted by Gasteiger charge is -2.06. The van der Waals surface area contributed by atoms with E-state index in [1.807, 2.05) is 13.8 Å². The van der Waals surface area contributed by atoms with Crippen molar-refractivity contribution in [1.29, 1.82) is 0 Å². The van der Waals surface area contributed by atoms with Crippen molar-refractivity contribution in [3.05, 3.63) is 0 Å². The molecular formula is C9H20N2O3S. The average Bonchev–Trinajstić information content (AvgIpc) is 2.21. The molecule has 1 amide bonds. The zero-order valence-electron chi connectivity index (χ0n) is 9.38. The van der Waals surface area contributed by atoms with Crippen molar-refractivity contribution in [3.8, 4) is 0 Å². The van der Waals surface area contributed by atoms with Crippen LogP contribution in [0, 0.1) is 0 Å². The zero-order valence-corrected chi connectivity index (χ0v) is 10.2. The Morgan fingerprint density at radius 3 is 2.40 bits per heavy atom. The minimum Gasteiger partial charge on any atom is -0.355 e. The Kier molecular flexibility index (Phi) is 7.33. The second-order valence-electron chi connectivity index (χ2n) is 3.34. The first-order valence-electron chi connectivity index (χ1n) is 5.26. The summed E-state index contributed by atoms with van der Waals surface area (Å²) in [6.45, 7) is 4.27. The van der Waals surface area contributed by atoms with Crippen LogP contribution >= 0.6 is 0 Å². The maximum atomic E-state index is 11.3. The third-order valence-electron chi connectivity index (χ3n) is 1.79. The predicted octanol–water partition coefficient (Wildman–Crippen LogP) is 0.232. The van der Waals surface area contributed by atoms with E-state index in [0.717, 1.165) is 12.8 Å². The van der Waals surface area contributed by atoms with Crippen LogP contribution in [0.25, 0.3) is 0 Å². The Morgan fingerprint density at radius 2 is 1.87 bits per heavy atom. The molecule has 0 aromatic rings. The molecule has 0 aliphatic carbocycles. The fourth-order valence-corrected chi connectivity index (χ4v) is 2.07. The number of hydrogen-bond acceptors (Lipinski definition) is 3. The van der Waals surface area contributed by atoms with Crippen LogP contribution in [-0.4, -0.2) is 33.2 Å². The summed E-state index contributed by atoms with van der Waals surface area (Å²) in [5.41, 5.74) is 0. The molecule has 0 saturated carbocycles. The maximum Gasteiger partial charge on any atom is 0.235 e. The van der Waals surface area contributed by atoms with Crippen molar-refractivity contribution in [2.45, 2.75) is 33.1 Å². The van der Waals surface area contributed by atoms with Gasteiger partial charge in [0.1, 0.15) is 0 Å². The van der Waals surface area contributed by atoms with Gasteiger partial charge in [0, 0.05) is 6.54 Å². The molecule has 0 rings (SSSR count). The van der Waals surface area contributed by atoms with Gasteiger partial charge < -0.3 is 5.32 Å².